The van der Waals surface area contributed by atoms with Crippen LogP contribution in [0.2, 0.25) is 0 Å². The molecule has 1 fully saturated rings. The van der Waals surface area contributed by atoms with Gasteiger partial charge in [0.05, 0.1) is 16.4 Å². The Morgan fingerprint density at radius 3 is 3.00 bits per heavy atom. The lowest BCUT2D eigenvalue weighted by Gasteiger charge is -2.11. The van der Waals surface area contributed by atoms with Crippen LogP contribution < -0.4 is 5.56 Å². The molecule has 1 aliphatic rings. The molecule has 1 saturated heterocycles. The Hall–Kier alpha value is -0.990. The summed E-state index contributed by atoms with van der Waals surface area (Å²) in [5, 5.41) is 1.89. The van der Waals surface area contributed by atoms with Gasteiger partial charge in [-0.2, -0.15) is 0 Å². The van der Waals surface area contributed by atoms with E-state index in [4.69, 9.17) is 12.2 Å². The zero-order valence-corrected chi connectivity index (χ0v) is 12.4. The molecule has 5 nitrogen and oxygen atoms in total. The molecular formula is C11H12N2O3S3. The predicted octanol–water partition coefficient (Wildman–Crippen LogP) is 1.70. The van der Waals surface area contributed by atoms with E-state index in [0.29, 0.717) is 23.0 Å². The highest BCUT2D eigenvalue weighted by molar-refractivity contribution is 7.92. The second kappa shape index (κ2) is 4.53. The maximum Gasteiger partial charge on any atom is 0.263 e. The third-order valence-electron chi connectivity index (χ3n) is 3.46. The van der Waals surface area contributed by atoms with E-state index in [2.05, 4.69) is 4.98 Å². The number of nitrogens with zero attached hydrogens (tertiary/aromatic N) is 1. The summed E-state index contributed by atoms with van der Waals surface area (Å²) in [6, 6.07) is 1.73. The Morgan fingerprint density at radius 1 is 1.53 bits per heavy atom. The molecule has 102 valence electrons. The Bertz CT molecular complexity index is 844. The van der Waals surface area contributed by atoms with E-state index in [1.807, 2.05) is 5.38 Å². The molecule has 0 amide bonds. The van der Waals surface area contributed by atoms with Gasteiger partial charge in [-0.15, -0.1) is 11.3 Å². The summed E-state index contributed by atoms with van der Waals surface area (Å²) in [5.74, 6) is 0.212. The predicted molar refractivity (Wildman–Crippen MR) is 78.1 cm³/mol. The summed E-state index contributed by atoms with van der Waals surface area (Å²) in [4.78, 5) is 16.0. The van der Waals surface area contributed by atoms with Gasteiger partial charge in [0.15, 0.2) is 14.6 Å². The number of hydrogen-bond acceptors (Lipinski definition) is 5. The minimum Gasteiger partial charge on any atom is -0.323 e. The van der Waals surface area contributed by atoms with E-state index in [0.717, 1.165) is 4.83 Å². The van der Waals surface area contributed by atoms with Crippen molar-refractivity contribution in [3.05, 3.63) is 26.6 Å². The molecule has 1 atom stereocenters. The highest BCUT2D eigenvalue weighted by Gasteiger charge is 2.32. The normalized spacial score (nSPS) is 22.0. The van der Waals surface area contributed by atoms with E-state index in [1.54, 1.807) is 6.07 Å². The number of thiophene rings is 1. The summed E-state index contributed by atoms with van der Waals surface area (Å²) in [6.07, 6.45) is 1.27. The lowest BCUT2D eigenvalue weighted by Crippen LogP contribution is -2.30. The first-order chi connectivity index (χ1) is 8.99. The van der Waals surface area contributed by atoms with Gasteiger partial charge in [-0.05, 0) is 36.5 Å². The van der Waals surface area contributed by atoms with Crippen LogP contribution in [0, 0.1) is 4.77 Å². The van der Waals surface area contributed by atoms with E-state index in [1.165, 1.54) is 15.9 Å². The van der Waals surface area contributed by atoms with Crippen molar-refractivity contribution in [3.63, 3.8) is 0 Å². The van der Waals surface area contributed by atoms with Gasteiger partial charge in [0.25, 0.3) is 5.56 Å². The molecule has 19 heavy (non-hydrogen) atoms. The van der Waals surface area contributed by atoms with Gasteiger partial charge in [0, 0.05) is 6.54 Å². The van der Waals surface area contributed by atoms with E-state index in [-0.39, 0.29) is 17.9 Å². The first-order valence-corrected chi connectivity index (χ1v) is 8.91. The Labute approximate surface area is 118 Å². The molecule has 0 saturated carbocycles. The highest BCUT2D eigenvalue weighted by Crippen LogP contribution is 2.22. The van der Waals surface area contributed by atoms with Crippen molar-refractivity contribution in [2.24, 2.45) is 0 Å². The SMILES string of the molecule is O=c1c2ccsc2[nH]c(=S)n1CC1CCCS1(=O)=O. The molecule has 1 N–H and O–H groups in total. The number of aromatic nitrogens is 2. The number of fused-ring (bicyclic) bond motifs is 1. The molecule has 1 aliphatic heterocycles. The zero-order valence-electron chi connectivity index (χ0n) is 9.96. The molecule has 2 aromatic rings. The van der Waals surface area contributed by atoms with Gasteiger partial charge in [-0.1, -0.05) is 0 Å². The van der Waals surface area contributed by atoms with Gasteiger partial charge in [-0.3, -0.25) is 9.36 Å². The van der Waals surface area contributed by atoms with Crippen molar-refractivity contribution < 1.29 is 8.42 Å². The van der Waals surface area contributed by atoms with Crippen molar-refractivity contribution in [1.82, 2.24) is 9.55 Å². The molecular weight excluding hydrogens is 304 g/mol. The third-order valence-corrected chi connectivity index (χ3v) is 6.87. The van der Waals surface area contributed by atoms with Crippen molar-refractivity contribution in [3.8, 4) is 0 Å². The van der Waals surface area contributed by atoms with Crippen LogP contribution in [0.15, 0.2) is 16.2 Å². The van der Waals surface area contributed by atoms with Crippen LogP contribution in [0.3, 0.4) is 0 Å². The van der Waals surface area contributed by atoms with Gasteiger partial charge in [0.2, 0.25) is 0 Å². The molecule has 0 bridgehead atoms. The van der Waals surface area contributed by atoms with Crippen molar-refractivity contribution >= 4 is 43.6 Å². The van der Waals surface area contributed by atoms with Gasteiger partial charge in [-0.25, -0.2) is 8.42 Å². The van der Waals surface area contributed by atoms with E-state index >= 15 is 0 Å². The van der Waals surface area contributed by atoms with E-state index < -0.39 is 15.1 Å². The topological polar surface area (TPSA) is 71.9 Å². The van der Waals surface area contributed by atoms with Crippen LogP contribution >= 0.6 is 23.6 Å². The second-order valence-electron chi connectivity index (χ2n) is 4.64. The summed E-state index contributed by atoms with van der Waals surface area (Å²) < 4.78 is 25.4. The summed E-state index contributed by atoms with van der Waals surface area (Å²) in [5.41, 5.74) is -0.206. The lowest BCUT2D eigenvalue weighted by molar-refractivity contribution is 0.556. The summed E-state index contributed by atoms with van der Waals surface area (Å²) in [7, 11) is -3.08. The lowest BCUT2D eigenvalue weighted by atomic mass is 10.2. The molecule has 3 heterocycles. The molecule has 3 rings (SSSR count). The fourth-order valence-corrected chi connectivity index (χ4v) is 5.32. The monoisotopic (exact) mass is 316 g/mol. The van der Waals surface area contributed by atoms with Crippen LogP contribution in [0.5, 0.6) is 0 Å². The number of nitrogens with one attached hydrogen (secondary N) is 1. The molecule has 1 unspecified atom stereocenters. The minimum atomic E-state index is -3.08. The van der Waals surface area contributed by atoms with Crippen molar-refractivity contribution in [1.29, 1.82) is 0 Å². The van der Waals surface area contributed by atoms with Crippen LogP contribution in [0.4, 0.5) is 0 Å². The molecule has 8 heteroatoms. The Balaban J connectivity index is 2.11. The smallest absolute Gasteiger partial charge is 0.263 e. The Morgan fingerprint density at radius 2 is 2.32 bits per heavy atom. The summed E-state index contributed by atoms with van der Waals surface area (Å²) in [6.45, 7) is 0.155. The maximum absolute atomic E-state index is 12.3. The first-order valence-electron chi connectivity index (χ1n) is 5.91. The average molecular weight is 316 g/mol. The van der Waals surface area contributed by atoms with Crippen LogP contribution in [-0.4, -0.2) is 29.0 Å². The second-order valence-corrected chi connectivity index (χ2v) is 8.34. The zero-order chi connectivity index (χ0) is 13.6. The van der Waals surface area contributed by atoms with Crippen molar-refractivity contribution in [2.75, 3.05) is 5.75 Å². The maximum atomic E-state index is 12.3. The average Bonchev–Trinajstić information content (AvgIpc) is 2.91. The van der Waals surface area contributed by atoms with Crippen LogP contribution in [0.1, 0.15) is 12.8 Å². The quantitative estimate of drug-likeness (QED) is 0.856. The number of sulfone groups is 1. The third kappa shape index (κ3) is 2.17. The Kier molecular flexibility index (Phi) is 3.11. The van der Waals surface area contributed by atoms with Gasteiger partial charge < -0.3 is 4.98 Å². The van der Waals surface area contributed by atoms with Gasteiger partial charge >= 0.3 is 0 Å². The summed E-state index contributed by atoms with van der Waals surface area (Å²) >= 11 is 6.57. The molecule has 0 spiro atoms. The van der Waals surface area contributed by atoms with E-state index in [9.17, 15) is 13.2 Å². The largest absolute Gasteiger partial charge is 0.323 e. The standard InChI is InChI=1S/C11H12N2O3S3/c14-10-8-3-4-18-9(8)12-11(17)13(10)6-7-2-1-5-19(7,15)16/h3-4,7H,1-2,5-6H2,(H,12,17). The molecule has 0 aliphatic carbocycles. The number of aromatic amines is 1. The number of H-pyrrole nitrogens is 1. The number of hydrogen-bond donors (Lipinski definition) is 1. The molecule has 0 aromatic carbocycles. The minimum absolute atomic E-state index is 0.155. The fraction of sp³-hybridized carbons (Fsp3) is 0.455. The van der Waals surface area contributed by atoms with Gasteiger partial charge in [0.1, 0.15) is 4.83 Å². The fourth-order valence-electron chi connectivity index (χ4n) is 2.41. The highest BCUT2D eigenvalue weighted by atomic mass is 32.2. The molecule has 2 aromatic heterocycles. The van der Waals surface area contributed by atoms with Crippen molar-refractivity contribution in [2.45, 2.75) is 24.6 Å². The first kappa shape index (κ1) is 13.0. The molecule has 0 radical (unpaired) electrons. The van der Waals surface area contributed by atoms with Crippen LogP contribution in [-0.2, 0) is 16.4 Å². The number of rotatable bonds is 2. The van der Waals surface area contributed by atoms with Crippen LogP contribution in [0.25, 0.3) is 10.2 Å².